The molecule has 21 heavy (non-hydrogen) atoms. The van der Waals surface area contributed by atoms with E-state index in [9.17, 15) is 8.78 Å². The third-order valence-corrected chi connectivity index (χ3v) is 5.13. The highest BCUT2D eigenvalue weighted by Gasteiger charge is 2.33. The zero-order valence-electron chi connectivity index (χ0n) is 12.8. The molecule has 1 aliphatic heterocycles. The minimum absolute atomic E-state index is 0.170. The molecule has 0 aromatic heterocycles. The molecule has 2 rings (SSSR count). The summed E-state index contributed by atoms with van der Waals surface area (Å²) in [5.41, 5.74) is 0.365. The summed E-state index contributed by atoms with van der Waals surface area (Å²) in [6.07, 6.45) is 2.05. The van der Waals surface area contributed by atoms with E-state index in [4.69, 9.17) is 0 Å². The van der Waals surface area contributed by atoms with Gasteiger partial charge in [0.15, 0.2) is 0 Å². The predicted octanol–water partition coefficient (Wildman–Crippen LogP) is 4.33. The lowest BCUT2D eigenvalue weighted by molar-refractivity contribution is 0.269. The van der Waals surface area contributed by atoms with Gasteiger partial charge >= 0.3 is 0 Å². The molecule has 1 N–H and O–H groups in total. The first-order chi connectivity index (χ1) is 9.95. The minimum Gasteiger partial charge on any atom is -0.366 e. The fourth-order valence-electron chi connectivity index (χ4n) is 3.05. The van der Waals surface area contributed by atoms with E-state index >= 15 is 0 Å². The number of piperidine rings is 1. The SMILES string of the molecule is CCCNC1CCN(c2cc(F)c(Br)cc2F)C(C)C1C. The summed E-state index contributed by atoms with van der Waals surface area (Å²) in [5, 5.41) is 3.56. The predicted molar refractivity (Wildman–Crippen MR) is 86.7 cm³/mol. The summed E-state index contributed by atoms with van der Waals surface area (Å²) in [7, 11) is 0. The van der Waals surface area contributed by atoms with Gasteiger partial charge in [0, 0.05) is 24.7 Å². The van der Waals surface area contributed by atoms with Crippen molar-refractivity contribution >= 4 is 21.6 Å². The average molecular weight is 361 g/mol. The van der Waals surface area contributed by atoms with Crippen molar-refractivity contribution in [3.8, 4) is 0 Å². The molecule has 3 atom stereocenters. The van der Waals surface area contributed by atoms with Gasteiger partial charge in [0.2, 0.25) is 0 Å². The number of hydrogen-bond donors (Lipinski definition) is 1. The number of nitrogens with one attached hydrogen (secondary N) is 1. The van der Waals surface area contributed by atoms with Crippen molar-refractivity contribution in [2.45, 2.75) is 45.7 Å². The molecule has 2 nitrogen and oxygen atoms in total. The number of rotatable bonds is 4. The number of anilines is 1. The first-order valence-electron chi connectivity index (χ1n) is 7.60. The maximum Gasteiger partial charge on any atom is 0.147 e. The van der Waals surface area contributed by atoms with Gasteiger partial charge in [0.05, 0.1) is 10.2 Å². The Bertz CT molecular complexity index is 495. The normalized spacial score (nSPS) is 26.2. The second-order valence-corrected chi connectivity index (χ2v) is 6.71. The van der Waals surface area contributed by atoms with Crippen molar-refractivity contribution in [2.24, 2.45) is 5.92 Å². The van der Waals surface area contributed by atoms with E-state index in [0.717, 1.165) is 25.9 Å². The summed E-state index contributed by atoms with van der Waals surface area (Å²) in [6, 6.07) is 3.12. The van der Waals surface area contributed by atoms with Gasteiger partial charge in [-0.2, -0.15) is 0 Å². The summed E-state index contributed by atoms with van der Waals surface area (Å²) in [4.78, 5) is 1.99. The Morgan fingerprint density at radius 1 is 1.29 bits per heavy atom. The molecule has 1 aromatic carbocycles. The molecule has 1 saturated heterocycles. The zero-order chi connectivity index (χ0) is 15.6. The van der Waals surface area contributed by atoms with Crippen LogP contribution >= 0.6 is 15.9 Å². The lowest BCUT2D eigenvalue weighted by Gasteiger charge is -2.44. The van der Waals surface area contributed by atoms with Crippen LogP contribution in [0.15, 0.2) is 16.6 Å². The Labute approximate surface area is 134 Å². The highest BCUT2D eigenvalue weighted by Crippen LogP contribution is 2.33. The monoisotopic (exact) mass is 360 g/mol. The van der Waals surface area contributed by atoms with E-state index in [2.05, 4.69) is 42.0 Å². The molecule has 5 heteroatoms. The fourth-order valence-corrected chi connectivity index (χ4v) is 3.37. The lowest BCUT2D eigenvalue weighted by atomic mass is 9.86. The van der Waals surface area contributed by atoms with E-state index in [1.54, 1.807) is 0 Å². The van der Waals surface area contributed by atoms with Gasteiger partial charge in [-0.25, -0.2) is 8.78 Å². The molecule has 1 aliphatic rings. The first kappa shape index (κ1) is 16.7. The molecular formula is C16H23BrF2N2. The fraction of sp³-hybridized carbons (Fsp3) is 0.625. The molecule has 0 bridgehead atoms. The van der Waals surface area contributed by atoms with Crippen LogP contribution in [-0.2, 0) is 0 Å². The maximum atomic E-state index is 14.2. The van der Waals surface area contributed by atoms with Gasteiger partial charge in [-0.05, 0) is 54.2 Å². The summed E-state index contributed by atoms with van der Waals surface area (Å²) in [6.45, 7) is 8.16. The van der Waals surface area contributed by atoms with Crippen molar-refractivity contribution in [3.05, 3.63) is 28.2 Å². The molecule has 1 fully saturated rings. The molecule has 118 valence electrons. The molecule has 0 aliphatic carbocycles. The van der Waals surface area contributed by atoms with Crippen molar-refractivity contribution in [1.82, 2.24) is 5.32 Å². The molecule has 1 heterocycles. The molecule has 0 spiro atoms. The van der Waals surface area contributed by atoms with E-state index in [0.29, 0.717) is 17.6 Å². The van der Waals surface area contributed by atoms with Crippen molar-refractivity contribution < 1.29 is 8.78 Å². The highest BCUT2D eigenvalue weighted by atomic mass is 79.9. The number of nitrogens with zero attached hydrogens (tertiary/aromatic N) is 1. The van der Waals surface area contributed by atoms with E-state index < -0.39 is 5.82 Å². The summed E-state index contributed by atoms with van der Waals surface area (Å²) in [5.74, 6) is -0.406. The van der Waals surface area contributed by atoms with E-state index in [1.165, 1.54) is 12.1 Å². The maximum absolute atomic E-state index is 14.2. The smallest absolute Gasteiger partial charge is 0.147 e. The van der Waals surface area contributed by atoms with Crippen molar-refractivity contribution in [1.29, 1.82) is 0 Å². The topological polar surface area (TPSA) is 15.3 Å². The van der Waals surface area contributed by atoms with Crippen LogP contribution in [0.5, 0.6) is 0 Å². The number of benzene rings is 1. The molecular weight excluding hydrogens is 338 g/mol. The van der Waals surface area contributed by atoms with Crippen LogP contribution < -0.4 is 10.2 Å². The number of halogens is 3. The van der Waals surface area contributed by atoms with Crippen LogP contribution in [0.4, 0.5) is 14.5 Å². The van der Waals surface area contributed by atoms with Gasteiger partial charge in [-0.3, -0.25) is 0 Å². The first-order valence-corrected chi connectivity index (χ1v) is 8.39. The summed E-state index contributed by atoms with van der Waals surface area (Å²) >= 11 is 3.03. The van der Waals surface area contributed by atoms with Crippen LogP contribution in [0.2, 0.25) is 0 Å². The van der Waals surface area contributed by atoms with Gasteiger partial charge < -0.3 is 10.2 Å². The Morgan fingerprint density at radius 2 is 2.00 bits per heavy atom. The second kappa shape index (κ2) is 7.05. The zero-order valence-corrected chi connectivity index (χ0v) is 14.4. The summed E-state index contributed by atoms with van der Waals surface area (Å²) < 4.78 is 28.1. The average Bonchev–Trinajstić information content (AvgIpc) is 2.45. The van der Waals surface area contributed by atoms with Crippen LogP contribution in [0.3, 0.4) is 0 Å². The molecule has 1 aromatic rings. The Hall–Kier alpha value is -0.680. The molecule has 0 radical (unpaired) electrons. The van der Waals surface area contributed by atoms with Crippen LogP contribution in [-0.4, -0.2) is 25.2 Å². The van der Waals surface area contributed by atoms with Crippen molar-refractivity contribution in [3.63, 3.8) is 0 Å². The third-order valence-electron chi connectivity index (χ3n) is 4.52. The van der Waals surface area contributed by atoms with Gasteiger partial charge in [-0.15, -0.1) is 0 Å². The Kier molecular flexibility index (Phi) is 5.60. The standard InChI is InChI=1S/C16H23BrF2N2/c1-4-6-20-15-5-7-21(11(3)10(15)2)16-9-13(18)12(17)8-14(16)19/h8-11,15,20H,4-7H2,1-3H3. The van der Waals surface area contributed by atoms with Gasteiger partial charge in [0.1, 0.15) is 11.6 Å². The minimum atomic E-state index is -0.419. The quantitative estimate of drug-likeness (QED) is 0.803. The lowest BCUT2D eigenvalue weighted by Crippen LogP contribution is -2.53. The molecule has 0 amide bonds. The van der Waals surface area contributed by atoms with Crippen LogP contribution in [0.25, 0.3) is 0 Å². The Balaban J connectivity index is 2.17. The number of hydrogen-bond acceptors (Lipinski definition) is 2. The van der Waals surface area contributed by atoms with Crippen LogP contribution in [0, 0.1) is 17.6 Å². The van der Waals surface area contributed by atoms with E-state index in [1.807, 2.05) is 4.90 Å². The van der Waals surface area contributed by atoms with Crippen molar-refractivity contribution in [2.75, 3.05) is 18.0 Å². The van der Waals surface area contributed by atoms with E-state index in [-0.39, 0.29) is 16.3 Å². The third kappa shape index (κ3) is 3.57. The highest BCUT2D eigenvalue weighted by molar-refractivity contribution is 9.10. The molecule has 0 saturated carbocycles. The van der Waals surface area contributed by atoms with Crippen LogP contribution in [0.1, 0.15) is 33.6 Å². The van der Waals surface area contributed by atoms with Gasteiger partial charge in [-0.1, -0.05) is 13.8 Å². The second-order valence-electron chi connectivity index (χ2n) is 5.86. The Morgan fingerprint density at radius 3 is 2.67 bits per heavy atom. The molecule has 3 unspecified atom stereocenters. The van der Waals surface area contributed by atoms with Gasteiger partial charge in [0.25, 0.3) is 0 Å². The largest absolute Gasteiger partial charge is 0.366 e.